The van der Waals surface area contributed by atoms with Crippen molar-refractivity contribution < 1.29 is 4.42 Å². The molecule has 0 amide bonds. The monoisotopic (exact) mass is 236 g/mol. The molecule has 0 fully saturated rings. The number of nitrogens with one attached hydrogen (secondary N) is 1. The van der Waals surface area contributed by atoms with Crippen LogP contribution in [0.4, 0.5) is 0 Å². The first-order valence-corrected chi connectivity index (χ1v) is 6.03. The van der Waals surface area contributed by atoms with Gasteiger partial charge in [0.15, 0.2) is 0 Å². The maximum atomic E-state index is 7.93. The molecule has 1 N–H and O–H groups in total. The van der Waals surface area contributed by atoms with Gasteiger partial charge in [-0.2, -0.15) is 0 Å². The highest BCUT2D eigenvalue weighted by Gasteiger charge is 2.15. The summed E-state index contributed by atoms with van der Waals surface area (Å²) in [5.74, 6) is 0.910. The Morgan fingerprint density at radius 2 is 2.19 bits per heavy atom. The molecule has 3 nitrogen and oxygen atoms in total. The van der Waals surface area contributed by atoms with Gasteiger partial charge in [-0.05, 0) is 44.4 Å². The first kappa shape index (κ1) is 11.2. The molecule has 2 aromatic rings. The summed E-state index contributed by atoms with van der Waals surface area (Å²) >= 11 is 1.48. The predicted molar refractivity (Wildman–Crippen MR) is 64.7 cm³/mol. The molecule has 2 rings (SSSR count). The summed E-state index contributed by atoms with van der Waals surface area (Å²) in [6, 6.07) is 3.82. The molecule has 0 atom stereocenters. The summed E-state index contributed by atoms with van der Waals surface area (Å²) in [4.78, 5) is 0. The summed E-state index contributed by atoms with van der Waals surface area (Å²) in [5, 5.41) is 7.93. The van der Waals surface area contributed by atoms with E-state index in [1.54, 1.807) is 6.26 Å². The lowest BCUT2D eigenvalue weighted by molar-refractivity contribution is 0.427. The third kappa shape index (κ3) is 2.27. The highest BCUT2D eigenvalue weighted by atomic mass is 32.1. The van der Waals surface area contributed by atoms with E-state index in [0.717, 1.165) is 11.3 Å². The zero-order valence-corrected chi connectivity index (χ0v) is 10.6. The van der Waals surface area contributed by atoms with Gasteiger partial charge < -0.3 is 4.42 Å². The van der Waals surface area contributed by atoms with Crippen LogP contribution in [0.15, 0.2) is 29.0 Å². The first-order valence-electron chi connectivity index (χ1n) is 5.26. The molecule has 0 aliphatic carbocycles. The van der Waals surface area contributed by atoms with Crippen LogP contribution < -0.4 is 4.67 Å². The quantitative estimate of drug-likeness (QED) is 0.855. The van der Waals surface area contributed by atoms with E-state index < -0.39 is 0 Å². The Balaban J connectivity index is 2.30. The lowest BCUT2D eigenvalue weighted by atomic mass is 10.1. The van der Waals surface area contributed by atoms with Crippen molar-refractivity contribution in [2.75, 3.05) is 0 Å². The van der Waals surface area contributed by atoms with E-state index in [1.807, 2.05) is 12.1 Å². The van der Waals surface area contributed by atoms with Gasteiger partial charge in [0.1, 0.15) is 10.4 Å². The minimum atomic E-state index is 0.0435. The highest BCUT2D eigenvalue weighted by molar-refractivity contribution is 7.03. The molecule has 0 aliphatic heterocycles. The van der Waals surface area contributed by atoms with E-state index in [4.69, 9.17) is 9.83 Å². The van der Waals surface area contributed by atoms with Gasteiger partial charge in [-0.3, -0.25) is 9.37 Å². The molecule has 16 heavy (non-hydrogen) atoms. The predicted octanol–water partition coefficient (Wildman–Crippen LogP) is 2.97. The van der Waals surface area contributed by atoms with Crippen molar-refractivity contribution in [2.45, 2.75) is 32.7 Å². The summed E-state index contributed by atoms with van der Waals surface area (Å²) in [6.45, 7) is 6.42. The van der Waals surface area contributed by atoms with Crippen LogP contribution in [0.1, 0.15) is 32.1 Å². The second-order valence-electron chi connectivity index (χ2n) is 4.83. The lowest BCUT2D eigenvalue weighted by Gasteiger charge is -2.19. The molecule has 2 heterocycles. The standard InChI is InChI=1S/C12H16N2OS/c1-12(2,3)14-8-9(11(13)16-14)7-10-5-4-6-15-10/h4-6,8,13H,7H2,1-3H3. The highest BCUT2D eigenvalue weighted by Crippen LogP contribution is 2.18. The average Bonchev–Trinajstić information content (AvgIpc) is 2.76. The maximum absolute atomic E-state index is 7.93. The summed E-state index contributed by atoms with van der Waals surface area (Å²) in [6.07, 6.45) is 4.42. The lowest BCUT2D eigenvalue weighted by Crippen LogP contribution is -2.18. The SMILES string of the molecule is CC(C)(C)n1cc(Cc2ccco2)c(=N)s1. The Bertz CT molecular complexity index is 514. The third-order valence-electron chi connectivity index (χ3n) is 2.36. The molecule has 86 valence electrons. The van der Waals surface area contributed by atoms with E-state index in [0.29, 0.717) is 11.1 Å². The van der Waals surface area contributed by atoms with Crippen molar-refractivity contribution in [1.29, 1.82) is 5.41 Å². The van der Waals surface area contributed by atoms with Crippen molar-refractivity contribution in [3.63, 3.8) is 0 Å². The molecule has 4 heteroatoms. The number of aromatic nitrogens is 1. The largest absolute Gasteiger partial charge is 0.469 e. The number of hydrogen-bond acceptors (Lipinski definition) is 3. The van der Waals surface area contributed by atoms with Crippen LogP contribution in [0.25, 0.3) is 0 Å². The fourth-order valence-corrected chi connectivity index (χ4v) is 2.33. The number of hydrogen-bond donors (Lipinski definition) is 1. The molecule has 0 spiro atoms. The Hall–Kier alpha value is -1.29. The maximum Gasteiger partial charge on any atom is 0.129 e. The van der Waals surface area contributed by atoms with Gasteiger partial charge in [0.05, 0.1) is 6.26 Å². The molecule has 0 radical (unpaired) electrons. The second-order valence-corrected chi connectivity index (χ2v) is 5.81. The minimum Gasteiger partial charge on any atom is -0.469 e. The molecule has 0 saturated carbocycles. The van der Waals surface area contributed by atoms with E-state index >= 15 is 0 Å². The first-order chi connectivity index (χ1) is 7.47. The Morgan fingerprint density at radius 3 is 2.69 bits per heavy atom. The van der Waals surface area contributed by atoms with Crippen LogP contribution in [-0.2, 0) is 12.0 Å². The van der Waals surface area contributed by atoms with Crippen molar-refractivity contribution in [3.8, 4) is 0 Å². The second kappa shape index (κ2) is 3.94. The van der Waals surface area contributed by atoms with Gasteiger partial charge in [0.25, 0.3) is 0 Å². The van der Waals surface area contributed by atoms with Crippen molar-refractivity contribution in [1.82, 2.24) is 3.96 Å². The van der Waals surface area contributed by atoms with Crippen molar-refractivity contribution >= 4 is 11.5 Å². The smallest absolute Gasteiger partial charge is 0.129 e. The summed E-state index contributed by atoms with van der Waals surface area (Å²) in [5.41, 5.74) is 1.07. The fraction of sp³-hybridized carbons (Fsp3) is 0.417. The number of nitrogens with zero attached hydrogens (tertiary/aromatic N) is 1. The number of furan rings is 1. The Kier molecular flexibility index (Phi) is 2.76. The van der Waals surface area contributed by atoms with Crippen molar-refractivity contribution in [2.24, 2.45) is 0 Å². The summed E-state index contributed by atoms with van der Waals surface area (Å²) < 4.78 is 8.03. The van der Waals surface area contributed by atoms with Gasteiger partial charge >= 0.3 is 0 Å². The zero-order chi connectivity index (χ0) is 11.8. The van der Waals surface area contributed by atoms with E-state index in [-0.39, 0.29) is 5.54 Å². The van der Waals surface area contributed by atoms with Gasteiger partial charge in [0.2, 0.25) is 0 Å². The van der Waals surface area contributed by atoms with Crippen LogP contribution in [-0.4, -0.2) is 3.96 Å². The van der Waals surface area contributed by atoms with Crippen LogP contribution in [0.2, 0.25) is 0 Å². The molecule has 0 aromatic carbocycles. The Morgan fingerprint density at radius 1 is 1.44 bits per heavy atom. The molecule has 0 unspecified atom stereocenters. The summed E-state index contributed by atoms with van der Waals surface area (Å²) in [7, 11) is 0. The van der Waals surface area contributed by atoms with Crippen LogP contribution in [0.5, 0.6) is 0 Å². The average molecular weight is 236 g/mol. The Labute approximate surface area is 99.0 Å². The van der Waals surface area contributed by atoms with Gasteiger partial charge in [-0.15, -0.1) is 0 Å². The number of rotatable bonds is 2. The topological polar surface area (TPSA) is 41.9 Å². The molecule has 0 bridgehead atoms. The van der Waals surface area contributed by atoms with Crippen molar-refractivity contribution in [3.05, 3.63) is 40.6 Å². The minimum absolute atomic E-state index is 0.0435. The van der Waals surface area contributed by atoms with E-state index in [2.05, 4.69) is 30.9 Å². The molecule has 0 saturated heterocycles. The van der Waals surface area contributed by atoms with Gasteiger partial charge in [0, 0.05) is 23.7 Å². The third-order valence-corrected chi connectivity index (χ3v) is 3.65. The van der Waals surface area contributed by atoms with E-state index in [9.17, 15) is 0 Å². The molecule has 0 aliphatic rings. The van der Waals surface area contributed by atoms with E-state index in [1.165, 1.54) is 11.5 Å². The van der Waals surface area contributed by atoms with Crippen LogP contribution >= 0.6 is 11.5 Å². The molecular formula is C12H16N2OS. The fourth-order valence-electron chi connectivity index (χ4n) is 1.44. The van der Waals surface area contributed by atoms with Crippen LogP contribution in [0, 0.1) is 5.41 Å². The molecule has 2 aromatic heterocycles. The zero-order valence-electron chi connectivity index (χ0n) is 9.78. The van der Waals surface area contributed by atoms with Crippen LogP contribution in [0.3, 0.4) is 0 Å². The molecular weight excluding hydrogens is 220 g/mol. The van der Waals surface area contributed by atoms with Gasteiger partial charge in [-0.25, -0.2) is 0 Å². The van der Waals surface area contributed by atoms with Gasteiger partial charge in [-0.1, -0.05) is 0 Å². The normalized spacial score (nSPS) is 11.9.